The van der Waals surface area contributed by atoms with E-state index in [0.717, 1.165) is 55.2 Å². The SMILES string of the molecule is Cc1ccccc1C(=O)N(C1CCCCCC1)C1CC(=O)N(c2ccc(-c3nc4ccccc4o3)cc2)C1=O. The molecule has 1 saturated heterocycles. The highest BCUT2D eigenvalue weighted by atomic mass is 16.3. The zero-order valence-electron chi connectivity index (χ0n) is 22.0. The van der Waals surface area contributed by atoms with Crippen molar-refractivity contribution in [2.24, 2.45) is 0 Å². The Bertz CT molecular complexity index is 1500. The number of carbonyl (C=O) groups excluding carboxylic acids is 3. The molecular formula is C32H31N3O4. The Kier molecular flexibility index (Phi) is 6.73. The van der Waals surface area contributed by atoms with Gasteiger partial charge in [-0.15, -0.1) is 0 Å². The number of imide groups is 1. The standard InChI is InChI=1S/C32H31N3O4/c1-21-10-6-7-13-25(21)31(37)34(23-11-4-2-3-5-12-23)27-20-29(36)35(32(27)38)24-18-16-22(17-19-24)30-33-26-14-8-9-15-28(26)39-30/h6-10,13-19,23,27H,2-5,11-12,20H2,1H3. The molecule has 2 heterocycles. The Hall–Kier alpha value is -4.26. The van der Waals surface area contributed by atoms with Gasteiger partial charge in [0.15, 0.2) is 5.58 Å². The van der Waals surface area contributed by atoms with E-state index in [1.807, 2.05) is 55.5 Å². The summed E-state index contributed by atoms with van der Waals surface area (Å²) >= 11 is 0. The van der Waals surface area contributed by atoms with Crippen molar-refractivity contribution in [1.29, 1.82) is 0 Å². The van der Waals surface area contributed by atoms with Gasteiger partial charge < -0.3 is 9.32 Å². The Labute approximate surface area is 227 Å². The highest BCUT2D eigenvalue weighted by molar-refractivity contribution is 6.23. The molecule has 1 unspecified atom stereocenters. The second-order valence-electron chi connectivity index (χ2n) is 10.5. The predicted molar refractivity (Wildman–Crippen MR) is 149 cm³/mol. The second-order valence-corrected chi connectivity index (χ2v) is 10.5. The van der Waals surface area contributed by atoms with Crippen LogP contribution in [0.5, 0.6) is 0 Å². The zero-order chi connectivity index (χ0) is 26.9. The van der Waals surface area contributed by atoms with Gasteiger partial charge in [0.1, 0.15) is 11.6 Å². The molecule has 3 amide bonds. The molecule has 3 aromatic carbocycles. The van der Waals surface area contributed by atoms with Crippen molar-refractivity contribution in [3.63, 3.8) is 0 Å². The summed E-state index contributed by atoms with van der Waals surface area (Å²) in [6.07, 6.45) is 5.94. The molecule has 2 fully saturated rings. The number of para-hydroxylation sites is 2. The average molecular weight is 522 g/mol. The van der Waals surface area contributed by atoms with Crippen molar-refractivity contribution in [2.75, 3.05) is 4.90 Å². The van der Waals surface area contributed by atoms with E-state index in [1.165, 1.54) is 4.90 Å². The first kappa shape index (κ1) is 25.0. The molecule has 2 aliphatic rings. The maximum Gasteiger partial charge on any atom is 0.257 e. The molecule has 7 heteroatoms. The number of aryl methyl sites for hydroxylation is 1. The minimum Gasteiger partial charge on any atom is -0.436 e. The third-order valence-electron chi connectivity index (χ3n) is 7.95. The van der Waals surface area contributed by atoms with Crippen molar-refractivity contribution in [2.45, 2.75) is 64.0 Å². The molecule has 1 atom stereocenters. The lowest BCUT2D eigenvalue weighted by Crippen LogP contribution is -2.51. The zero-order valence-corrected chi connectivity index (χ0v) is 22.0. The van der Waals surface area contributed by atoms with E-state index in [4.69, 9.17) is 4.42 Å². The normalized spacial score (nSPS) is 18.5. The predicted octanol–water partition coefficient (Wildman–Crippen LogP) is 6.30. The van der Waals surface area contributed by atoms with E-state index in [0.29, 0.717) is 22.7 Å². The molecule has 0 spiro atoms. The Morgan fingerprint density at radius 1 is 0.897 bits per heavy atom. The first-order valence-electron chi connectivity index (χ1n) is 13.7. The summed E-state index contributed by atoms with van der Waals surface area (Å²) in [5, 5.41) is 0. The van der Waals surface area contributed by atoms with Crippen molar-refractivity contribution in [1.82, 2.24) is 9.88 Å². The summed E-state index contributed by atoms with van der Waals surface area (Å²) < 4.78 is 5.86. The van der Waals surface area contributed by atoms with Gasteiger partial charge in [-0.25, -0.2) is 9.88 Å². The number of amides is 3. The maximum atomic E-state index is 14.0. The van der Waals surface area contributed by atoms with Gasteiger partial charge in [-0.3, -0.25) is 14.4 Å². The maximum absolute atomic E-state index is 14.0. The van der Waals surface area contributed by atoms with Gasteiger partial charge in [-0.2, -0.15) is 0 Å². The van der Waals surface area contributed by atoms with Crippen LogP contribution in [0, 0.1) is 6.92 Å². The van der Waals surface area contributed by atoms with Gasteiger partial charge in [0, 0.05) is 17.2 Å². The largest absolute Gasteiger partial charge is 0.436 e. The van der Waals surface area contributed by atoms with E-state index in [1.54, 1.807) is 29.2 Å². The van der Waals surface area contributed by atoms with Crippen molar-refractivity contribution < 1.29 is 18.8 Å². The molecule has 0 bridgehead atoms. The monoisotopic (exact) mass is 521 g/mol. The summed E-state index contributed by atoms with van der Waals surface area (Å²) in [7, 11) is 0. The molecule has 39 heavy (non-hydrogen) atoms. The minimum atomic E-state index is -0.815. The first-order chi connectivity index (χ1) is 19.0. The van der Waals surface area contributed by atoms with Crippen LogP contribution in [0.15, 0.2) is 77.2 Å². The van der Waals surface area contributed by atoms with Crippen LogP contribution in [0.2, 0.25) is 0 Å². The van der Waals surface area contributed by atoms with Crippen LogP contribution < -0.4 is 4.90 Å². The van der Waals surface area contributed by atoms with Crippen LogP contribution in [0.25, 0.3) is 22.6 Å². The molecule has 1 saturated carbocycles. The van der Waals surface area contributed by atoms with Crippen LogP contribution in [-0.4, -0.2) is 39.7 Å². The van der Waals surface area contributed by atoms with Crippen LogP contribution in [0.4, 0.5) is 5.69 Å². The number of carbonyl (C=O) groups is 3. The molecule has 7 nitrogen and oxygen atoms in total. The third-order valence-corrected chi connectivity index (χ3v) is 7.95. The second kappa shape index (κ2) is 10.5. The van der Waals surface area contributed by atoms with Crippen LogP contribution in [0.3, 0.4) is 0 Å². The molecule has 1 aliphatic heterocycles. The van der Waals surface area contributed by atoms with Gasteiger partial charge >= 0.3 is 0 Å². The highest BCUT2D eigenvalue weighted by Gasteiger charge is 2.46. The molecule has 1 aromatic heterocycles. The summed E-state index contributed by atoms with van der Waals surface area (Å²) in [5.74, 6) is -0.334. The van der Waals surface area contributed by atoms with Gasteiger partial charge in [0.2, 0.25) is 11.8 Å². The molecule has 198 valence electrons. The van der Waals surface area contributed by atoms with Crippen LogP contribution >= 0.6 is 0 Å². The first-order valence-corrected chi connectivity index (χ1v) is 13.7. The lowest BCUT2D eigenvalue weighted by atomic mass is 10.00. The van der Waals surface area contributed by atoms with Gasteiger partial charge in [0.05, 0.1) is 12.1 Å². The number of benzene rings is 3. The number of hydrogen-bond acceptors (Lipinski definition) is 5. The third kappa shape index (κ3) is 4.73. The molecule has 1 aliphatic carbocycles. The van der Waals surface area contributed by atoms with E-state index in [9.17, 15) is 14.4 Å². The molecule has 0 N–H and O–H groups in total. The Balaban J connectivity index is 1.30. The lowest BCUT2D eigenvalue weighted by Gasteiger charge is -2.35. The smallest absolute Gasteiger partial charge is 0.257 e. The molecule has 0 radical (unpaired) electrons. The number of anilines is 1. The quantitative estimate of drug-likeness (QED) is 0.227. The Morgan fingerprint density at radius 2 is 1.59 bits per heavy atom. The van der Waals surface area contributed by atoms with E-state index in [2.05, 4.69) is 4.98 Å². The fourth-order valence-corrected chi connectivity index (χ4v) is 5.90. The van der Waals surface area contributed by atoms with Crippen molar-refractivity contribution >= 4 is 34.5 Å². The van der Waals surface area contributed by atoms with Gasteiger partial charge in [0.25, 0.3) is 11.8 Å². The number of oxazole rings is 1. The fourth-order valence-electron chi connectivity index (χ4n) is 5.90. The lowest BCUT2D eigenvalue weighted by molar-refractivity contribution is -0.123. The van der Waals surface area contributed by atoms with Crippen LogP contribution in [-0.2, 0) is 9.59 Å². The molecule has 4 aromatic rings. The number of hydrogen-bond donors (Lipinski definition) is 0. The van der Waals surface area contributed by atoms with Crippen molar-refractivity contribution in [3.8, 4) is 11.5 Å². The molecular weight excluding hydrogens is 490 g/mol. The number of fused-ring (bicyclic) bond motifs is 1. The summed E-state index contributed by atoms with van der Waals surface area (Å²) in [5.41, 5.74) is 4.15. The summed E-state index contributed by atoms with van der Waals surface area (Å²) in [4.78, 5) is 48.6. The number of rotatable bonds is 5. The van der Waals surface area contributed by atoms with E-state index >= 15 is 0 Å². The molecule has 6 rings (SSSR count). The average Bonchev–Trinajstić information content (AvgIpc) is 3.38. The number of nitrogens with zero attached hydrogens (tertiary/aromatic N) is 3. The summed E-state index contributed by atoms with van der Waals surface area (Å²) in [6.45, 7) is 1.91. The van der Waals surface area contributed by atoms with E-state index in [-0.39, 0.29) is 30.2 Å². The van der Waals surface area contributed by atoms with Crippen molar-refractivity contribution in [3.05, 3.63) is 83.9 Å². The fraction of sp³-hybridized carbons (Fsp3) is 0.312. The van der Waals surface area contributed by atoms with Gasteiger partial charge in [-0.05, 0) is 67.8 Å². The topological polar surface area (TPSA) is 83.7 Å². The highest BCUT2D eigenvalue weighted by Crippen LogP contribution is 2.33. The Morgan fingerprint density at radius 3 is 2.31 bits per heavy atom. The van der Waals surface area contributed by atoms with E-state index < -0.39 is 6.04 Å². The summed E-state index contributed by atoms with van der Waals surface area (Å²) in [6, 6.07) is 21.2. The van der Waals surface area contributed by atoms with Gasteiger partial charge in [-0.1, -0.05) is 56.0 Å². The minimum absolute atomic E-state index is 0.0141. The van der Waals surface area contributed by atoms with Crippen LogP contribution in [0.1, 0.15) is 60.9 Å². The number of aromatic nitrogens is 1.